The van der Waals surface area contributed by atoms with E-state index in [-0.39, 0.29) is 0 Å². The van der Waals surface area contributed by atoms with Gasteiger partial charge in [0.2, 0.25) is 0 Å². The zero-order valence-electron chi connectivity index (χ0n) is 4.77. The Bertz CT molecular complexity index is 252. The number of hydrogen-bond acceptors (Lipinski definition) is 5. The Morgan fingerprint density at radius 2 is 2.00 bits per heavy atom. The van der Waals surface area contributed by atoms with Crippen molar-refractivity contribution in [3.63, 3.8) is 0 Å². The van der Waals surface area contributed by atoms with Gasteiger partial charge in [0, 0.05) is 0 Å². The van der Waals surface area contributed by atoms with Gasteiger partial charge in [-0.05, 0) is 0 Å². The monoisotopic (exact) mass is 167 g/mol. The van der Waals surface area contributed by atoms with E-state index in [1.807, 2.05) is 0 Å². The van der Waals surface area contributed by atoms with Crippen LogP contribution in [-0.4, -0.2) is 18.9 Å². The molecule has 58 valence electrons. The first-order valence-electron chi connectivity index (χ1n) is 1.98. The summed E-state index contributed by atoms with van der Waals surface area (Å²) in [4.78, 5) is 10.2. The average molecular weight is 167 g/mol. The topological polar surface area (TPSA) is 107 Å². The van der Waals surface area contributed by atoms with Crippen LogP contribution in [-0.2, 0) is 19.4 Å². The highest BCUT2D eigenvalue weighted by Gasteiger charge is 2.13. The number of rotatable bonds is 2. The van der Waals surface area contributed by atoms with Crippen LogP contribution in [0.15, 0.2) is 12.3 Å². The SMILES string of the molecule is C=C(N)C(=O)OS(=O)(=O)O. The lowest BCUT2D eigenvalue weighted by molar-refractivity contribution is -0.130. The maximum Gasteiger partial charge on any atom is 0.449 e. The quantitative estimate of drug-likeness (QED) is 0.395. The van der Waals surface area contributed by atoms with Crippen molar-refractivity contribution < 1.29 is 21.9 Å². The smallest absolute Gasteiger partial charge is 0.393 e. The molecule has 0 radical (unpaired) electrons. The number of carbonyl (C=O) groups is 1. The molecule has 0 bridgehead atoms. The Morgan fingerprint density at radius 3 is 2.10 bits per heavy atom. The first-order valence-corrected chi connectivity index (χ1v) is 3.35. The Balaban J connectivity index is 4.21. The normalized spacial score (nSPS) is 10.5. The molecule has 0 fully saturated rings. The molecule has 0 unspecified atom stereocenters. The third-order valence-corrected chi connectivity index (χ3v) is 0.805. The molecule has 3 N–H and O–H groups in total. The second-order valence-electron chi connectivity index (χ2n) is 1.32. The predicted octanol–water partition coefficient (Wildman–Crippen LogP) is -1.20. The maximum atomic E-state index is 10.2. The van der Waals surface area contributed by atoms with E-state index in [0.717, 1.165) is 0 Å². The highest BCUT2D eigenvalue weighted by Crippen LogP contribution is 1.90. The van der Waals surface area contributed by atoms with Gasteiger partial charge in [0.25, 0.3) is 0 Å². The van der Waals surface area contributed by atoms with Gasteiger partial charge in [-0.3, -0.25) is 4.55 Å². The largest absolute Gasteiger partial charge is 0.449 e. The van der Waals surface area contributed by atoms with Crippen LogP contribution in [0.25, 0.3) is 0 Å². The van der Waals surface area contributed by atoms with E-state index in [4.69, 9.17) is 10.3 Å². The summed E-state index contributed by atoms with van der Waals surface area (Å²) in [5.74, 6) is -1.39. The van der Waals surface area contributed by atoms with Crippen molar-refractivity contribution in [3.8, 4) is 0 Å². The van der Waals surface area contributed by atoms with Crippen molar-refractivity contribution in [2.75, 3.05) is 0 Å². The molecule has 0 spiro atoms. The van der Waals surface area contributed by atoms with E-state index in [1.54, 1.807) is 0 Å². The molecule has 10 heavy (non-hydrogen) atoms. The first-order chi connectivity index (χ1) is 4.33. The summed E-state index contributed by atoms with van der Waals surface area (Å²) < 4.78 is 30.8. The summed E-state index contributed by atoms with van der Waals surface area (Å²) in [6.45, 7) is 2.87. The third-order valence-electron chi connectivity index (χ3n) is 0.443. The fourth-order valence-corrected chi connectivity index (χ4v) is 0.447. The minimum atomic E-state index is -4.76. The van der Waals surface area contributed by atoms with E-state index in [0.29, 0.717) is 0 Å². The third kappa shape index (κ3) is 3.87. The molecular formula is C3H5NO5S. The number of carbonyl (C=O) groups excluding carboxylic acids is 1. The first kappa shape index (κ1) is 8.92. The maximum absolute atomic E-state index is 10.2. The highest BCUT2D eigenvalue weighted by molar-refractivity contribution is 7.81. The zero-order chi connectivity index (χ0) is 8.36. The lowest BCUT2D eigenvalue weighted by Crippen LogP contribution is -2.17. The molecule has 0 aromatic carbocycles. The highest BCUT2D eigenvalue weighted by atomic mass is 32.3. The van der Waals surface area contributed by atoms with Crippen molar-refractivity contribution in [1.82, 2.24) is 0 Å². The van der Waals surface area contributed by atoms with Crippen LogP contribution in [0.2, 0.25) is 0 Å². The minimum absolute atomic E-state index is 0.599. The minimum Gasteiger partial charge on any atom is -0.393 e. The number of hydrogen-bond donors (Lipinski definition) is 2. The molecule has 0 aliphatic heterocycles. The molecule has 0 saturated carbocycles. The fourth-order valence-electron chi connectivity index (χ4n) is 0.149. The standard InChI is InChI=1S/C3H5NO5S/c1-2(4)3(5)9-10(6,7)8/h1,4H2,(H,6,7,8). The van der Waals surface area contributed by atoms with Crippen molar-refractivity contribution >= 4 is 16.4 Å². The molecule has 0 aromatic rings. The van der Waals surface area contributed by atoms with Crippen LogP contribution >= 0.6 is 0 Å². The zero-order valence-corrected chi connectivity index (χ0v) is 5.59. The van der Waals surface area contributed by atoms with Crippen LogP contribution in [0.5, 0.6) is 0 Å². The van der Waals surface area contributed by atoms with Gasteiger partial charge < -0.3 is 9.92 Å². The molecule has 0 saturated heterocycles. The molecular weight excluding hydrogens is 162 g/mol. The molecule has 6 nitrogen and oxygen atoms in total. The summed E-state index contributed by atoms with van der Waals surface area (Å²) >= 11 is 0. The van der Waals surface area contributed by atoms with Gasteiger partial charge in [-0.25, -0.2) is 4.79 Å². The Hall–Kier alpha value is -1.08. The van der Waals surface area contributed by atoms with E-state index in [2.05, 4.69) is 10.8 Å². The van der Waals surface area contributed by atoms with Gasteiger partial charge in [-0.15, -0.1) is 0 Å². The fraction of sp³-hybridized carbons (Fsp3) is 0. The van der Waals surface area contributed by atoms with Gasteiger partial charge in [0.05, 0.1) is 0 Å². The number of nitrogens with two attached hydrogens (primary N) is 1. The van der Waals surface area contributed by atoms with Crippen molar-refractivity contribution in [1.29, 1.82) is 0 Å². The molecule has 0 aromatic heterocycles. The van der Waals surface area contributed by atoms with Crippen LogP contribution in [0.1, 0.15) is 0 Å². The molecule has 0 amide bonds. The van der Waals surface area contributed by atoms with Crippen molar-refractivity contribution in [2.24, 2.45) is 5.73 Å². The van der Waals surface area contributed by atoms with Gasteiger partial charge in [0.1, 0.15) is 5.70 Å². The van der Waals surface area contributed by atoms with Crippen LogP contribution in [0.4, 0.5) is 0 Å². The van der Waals surface area contributed by atoms with Crippen molar-refractivity contribution in [2.45, 2.75) is 0 Å². The van der Waals surface area contributed by atoms with E-state index < -0.39 is 22.1 Å². The molecule has 7 heteroatoms. The summed E-state index contributed by atoms with van der Waals surface area (Å²) in [5.41, 5.74) is 4.10. The van der Waals surface area contributed by atoms with Gasteiger partial charge >= 0.3 is 16.4 Å². The average Bonchev–Trinajstić information content (AvgIpc) is 1.60. The van der Waals surface area contributed by atoms with Crippen LogP contribution in [0.3, 0.4) is 0 Å². The molecule has 0 heterocycles. The summed E-state index contributed by atoms with van der Waals surface area (Å²) in [7, 11) is -4.76. The van der Waals surface area contributed by atoms with Crippen LogP contribution in [0, 0.1) is 0 Å². The van der Waals surface area contributed by atoms with Crippen molar-refractivity contribution in [3.05, 3.63) is 12.3 Å². The summed E-state index contributed by atoms with van der Waals surface area (Å²) in [6.07, 6.45) is 0. The Labute approximate surface area is 57.2 Å². The van der Waals surface area contributed by atoms with Crippen LogP contribution < -0.4 is 5.73 Å². The van der Waals surface area contributed by atoms with E-state index in [1.165, 1.54) is 0 Å². The Morgan fingerprint density at radius 1 is 1.60 bits per heavy atom. The van der Waals surface area contributed by atoms with E-state index in [9.17, 15) is 13.2 Å². The predicted molar refractivity (Wildman–Crippen MR) is 31.0 cm³/mol. The molecule has 0 rings (SSSR count). The second-order valence-corrected chi connectivity index (χ2v) is 2.35. The van der Waals surface area contributed by atoms with E-state index >= 15 is 0 Å². The molecule has 0 atom stereocenters. The Kier molecular flexibility index (Phi) is 2.38. The second kappa shape index (κ2) is 2.67. The molecule has 0 aliphatic carbocycles. The van der Waals surface area contributed by atoms with Gasteiger partial charge in [-0.1, -0.05) is 6.58 Å². The summed E-state index contributed by atoms with van der Waals surface area (Å²) in [6, 6.07) is 0. The van der Waals surface area contributed by atoms with Gasteiger partial charge in [-0.2, -0.15) is 8.42 Å². The van der Waals surface area contributed by atoms with Gasteiger partial charge in [0.15, 0.2) is 0 Å². The lowest BCUT2D eigenvalue weighted by Gasteiger charge is -1.96. The molecule has 0 aliphatic rings. The summed E-state index contributed by atoms with van der Waals surface area (Å²) in [5, 5.41) is 0. The lowest BCUT2D eigenvalue weighted by atomic mass is 10.5.